The van der Waals surface area contributed by atoms with Crippen LogP contribution in [0.5, 0.6) is 0 Å². The number of aromatic nitrogens is 2. The number of amides is 2. The Kier molecular flexibility index (Phi) is 6.35. The monoisotopic (exact) mass is 463 g/mol. The second-order valence-electron chi connectivity index (χ2n) is 8.78. The third-order valence-electron chi connectivity index (χ3n) is 6.33. The van der Waals surface area contributed by atoms with Gasteiger partial charge in [0.25, 0.3) is 0 Å². The standard InChI is InChI=1S/C25H26FN5O3/c26-19-7-5-17(6-8-19)24-28-22(34-29-24)16-30-13-1-3-18(15-30)25(33)27-20-9-11-21(12-10-20)31-14-2-4-23(31)32/h5-12,18H,1-4,13-16H2,(H,27,33). The highest BCUT2D eigenvalue weighted by Gasteiger charge is 2.27. The molecule has 176 valence electrons. The van der Waals surface area contributed by atoms with Gasteiger partial charge in [-0.3, -0.25) is 14.5 Å². The van der Waals surface area contributed by atoms with E-state index in [2.05, 4.69) is 20.4 Å². The molecule has 1 aromatic heterocycles. The first kappa shape index (κ1) is 22.2. The first-order chi connectivity index (χ1) is 16.5. The van der Waals surface area contributed by atoms with E-state index in [0.717, 1.165) is 43.7 Å². The summed E-state index contributed by atoms with van der Waals surface area (Å²) in [5.41, 5.74) is 2.27. The molecule has 1 atom stereocenters. The van der Waals surface area contributed by atoms with Gasteiger partial charge in [0.15, 0.2) is 0 Å². The zero-order chi connectivity index (χ0) is 23.5. The number of hydrogen-bond donors (Lipinski definition) is 1. The zero-order valence-corrected chi connectivity index (χ0v) is 18.7. The maximum atomic E-state index is 13.1. The van der Waals surface area contributed by atoms with E-state index < -0.39 is 0 Å². The highest BCUT2D eigenvalue weighted by atomic mass is 19.1. The van der Waals surface area contributed by atoms with E-state index in [-0.39, 0.29) is 23.5 Å². The van der Waals surface area contributed by atoms with Crippen LogP contribution in [0.2, 0.25) is 0 Å². The lowest BCUT2D eigenvalue weighted by atomic mass is 9.97. The Morgan fingerprint density at radius 1 is 1.09 bits per heavy atom. The fourth-order valence-electron chi connectivity index (χ4n) is 4.53. The first-order valence-corrected chi connectivity index (χ1v) is 11.6. The summed E-state index contributed by atoms with van der Waals surface area (Å²) in [5, 5.41) is 7.00. The summed E-state index contributed by atoms with van der Waals surface area (Å²) in [6, 6.07) is 13.4. The summed E-state index contributed by atoms with van der Waals surface area (Å²) in [7, 11) is 0. The molecule has 1 unspecified atom stereocenters. The second kappa shape index (κ2) is 9.72. The zero-order valence-electron chi connectivity index (χ0n) is 18.7. The van der Waals surface area contributed by atoms with Crippen LogP contribution in [-0.2, 0) is 16.1 Å². The van der Waals surface area contributed by atoms with E-state index in [0.29, 0.717) is 36.8 Å². The third-order valence-corrected chi connectivity index (χ3v) is 6.33. The Morgan fingerprint density at radius 3 is 2.62 bits per heavy atom. The van der Waals surface area contributed by atoms with Gasteiger partial charge in [0.2, 0.25) is 23.5 Å². The van der Waals surface area contributed by atoms with Crippen molar-refractivity contribution in [3.63, 3.8) is 0 Å². The Hall–Kier alpha value is -3.59. The highest BCUT2D eigenvalue weighted by molar-refractivity contribution is 5.96. The van der Waals surface area contributed by atoms with E-state index >= 15 is 0 Å². The van der Waals surface area contributed by atoms with Crippen molar-refractivity contribution in [2.24, 2.45) is 5.92 Å². The normalized spacial score (nSPS) is 18.9. The minimum Gasteiger partial charge on any atom is -0.338 e. The van der Waals surface area contributed by atoms with E-state index in [1.54, 1.807) is 17.0 Å². The molecular weight excluding hydrogens is 437 g/mol. The van der Waals surface area contributed by atoms with Crippen LogP contribution in [0.1, 0.15) is 31.6 Å². The minimum absolute atomic E-state index is 0.0211. The van der Waals surface area contributed by atoms with Crippen molar-refractivity contribution >= 4 is 23.2 Å². The van der Waals surface area contributed by atoms with Gasteiger partial charge in [0, 0.05) is 36.4 Å². The minimum atomic E-state index is -0.317. The predicted molar refractivity (Wildman–Crippen MR) is 124 cm³/mol. The fourth-order valence-corrected chi connectivity index (χ4v) is 4.53. The highest BCUT2D eigenvalue weighted by Crippen LogP contribution is 2.25. The average Bonchev–Trinajstić information content (AvgIpc) is 3.49. The van der Waals surface area contributed by atoms with Crippen molar-refractivity contribution in [2.45, 2.75) is 32.2 Å². The number of anilines is 2. The summed E-state index contributed by atoms with van der Waals surface area (Å²) >= 11 is 0. The molecule has 9 heteroatoms. The molecule has 5 rings (SSSR count). The number of carbonyl (C=O) groups is 2. The summed E-state index contributed by atoms with van der Waals surface area (Å²) in [6.07, 6.45) is 3.18. The van der Waals surface area contributed by atoms with Crippen molar-refractivity contribution in [3.8, 4) is 11.4 Å². The molecule has 0 saturated carbocycles. The summed E-state index contributed by atoms with van der Waals surface area (Å²) in [4.78, 5) is 33.1. The van der Waals surface area contributed by atoms with Crippen molar-refractivity contribution in [2.75, 3.05) is 29.9 Å². The van der Waals surface area contributed by atoms with Crippen LogP contribution in [0.25, 0.3) is 11.4 Å². The fraction of sp³-hybridized carbons (Fsp3) is 0.360. The predicted octanol–water partition coefficient (Wildman–Crippen LogP) is 3.85. The van der Waals surface area contributed by atoms with Gasteiger partial charge >= 0.3 is 0 Å². The molecule has 2 fully saturated rings. The average molecular weight is 464 g/mol. The molecule has 3 heterocycles. The number of likely N-dealkylation sites (tertiary alicyclic amines) is 1. The molecule has 2 aliphatic heterocycles. The molecule has 2 aliphatic rings. The molecule has 0 spiro atoms. The van der Waals surface area contributed by atoms with Crippen LogP contribution in [-0.4, -0.2) is 46.5 Å². The lowest BCUT2D eigenvalue weighted by molar-refractivity contribution is -0.121. The van der Waals surface area contributed by atoms with Gasteiger partial charge in [0.1, 0.15) is 5.82 Å². The number of rotatable bonds is 6. The van der Waals surface area contributed by atoms with Crippen molar-refractivity contribution in [3.05, 3.63) is 60.2 Å². The maximum absolute atomic E-state index is 13.1. The third kappa shape index (κ3) is 4.99. The number of piperidine rings is 1. The van der Waals surface area contributed by atoms with Gasteiger partial charge in [-0.2, -0.15) is 4.98 Å². The van der Waals surface area contributed by atoms with Crippen LogP contribution in [0.3, 0.4) is 0 Å². The van der Waals surface area contributed by atoms with Crippen LogP contribution >= 0.6 is 0 Å². The summed E-state index contributed by atoms with van der Waals surface area (Å²) in [6.45, 7) is 2.64. The second-order valence-corrected chi connectivity index (χ2v) is 8.78. The first-order valence-electron chi connectivity index (χ1n) is 11.6. The lowest BCUT2D eigenvalue weighted by Crippen LogP contribution is -2.40. The van der Waals surface area contributed by atoms with Gasteiger partial charge < -0.3 is 14.7 Å². The van der Waals surface area contributed by atoms with Crippen LogP contribution < -0.4 is 10.2 Å². The molecule has 1 N–H and O–H groups in total. The van der Waals surface area contributed by atoms with E-state index in [1.165, 1.54) is 12.1 Å². The molecule has 0 aliphatic carbocycles. The molecular formula is C25H26FN5O3. The molecule has 2 aromatic carbocycles. The van der Waals surface area contributed by atoms with E-state index in [1.807, 2.05) is 24.3 Å². The Labute approximate surface area is 196 Å². The van der Waals surface area contributed by atoms with Crippen molar-refractivity contribution in [1.82, 2.24) is 15.0 Å². The Morgan fingerprint density at radius 2 is 1.88 bits per heavy atom. The largest absolute Gasteiger partial charge is 0.338 e. The lowest BCUT2D eigenvalue weighted by Gasteiger charge is -2.30. The Balaban J connectivity index is 1.16. The number of hydrogen-bond acceptors (Lipinski definition) is 6. The maximum Gasteiger partial charge on any atom is 0.241 e. The smallest absolute Gasteiger partial charge is 0.241 e. The molecule has 3 aromatic rings. The number of benzene rings is 2. The molecule has 2 amide bonds. The summed E-state index contributed by atoms with van der Waals surface area (Å²) in [5.74, 6) is 0.543. The topological polar surface area (TPSA) is 91.6 Å². The van der Waals surface area contributed by atoms with Crippen molar-refractivity contribution in [1.29, 1.82) is 0 Å². The molecule has 8 nitrogen and oxygen atoms in total. The van der Waals surface area contributed by atoms with Crippen LogP contribution in [0, 0.1) is 11.7 Å². The van der Waals surface area contributed by atoms with Crippen molar-refractivity contribution < 1.29 is 18.5 Å². The quantitative estimate of drug-likeness (QED) is 0.597. The van der Waals surface area contributed by atoms with Gasteiger partial charge in [-0.05, 0) is 74.3 Å². The summed E-state index contributed by atoms with van der Waals surface area (Å²) < 4.78 is 18.5. The van der Waals surface area contributed by atoms with E-state index in [4.69, 9.17) is 4.52 Å². The number of halogens is 1. The van der Waals surface area contributed by atoms with Crippen LogP contribution in [0.4, 0.5) is 15.8 Å². The number of carbonyl (C=O) groups excluding carboxylic acids is 2. The van der Waals surface area contributed by atoms with Gasteiger partial charge in [-0.25, -0.2) is 4.39 Å². The molecule has 2 saturated heterocycles. The Bertz CT molecular complexity index is 1160. The number of nitrogens with zero attached hydrogens (tertiary/aromatic N) is 4. The molecule has 34 heavy (non-hydrogen) atoms. The van der Waals surface area contributed by atoms with Gasteiger partial charge in [-0.15, -0.1) is 0 Å². The van der Waals surface area contributed by atoms with E-state index in [9.17, 15) is 14.0 Å². The van der Waals surface area contributed by atoms with Crippen LogP contribution in [0.15, 0.2) is 53.1 Å². The molecule has 0 radical (unpaired) electrons. The van der Waals surface area contributed by atoms with Gasteiger partial charge in [0.05, 0.1) is 12.5 Å². The molecule has 0 bridgehead atoms. The number of nitrogens with one attached hydrogen (secondary N) is 1. The SMILES string of the molecule is O=C(Nc1ccc(N2CCCC2=O)cc1)C1CCCN(Cc2nc(-c3ccc(F)cc3)no2)C1. The van der Waals surface area contributed by atoms with Gasteiger partial charge in [-0.1, -0.05) is 5.16 Å².